The zero-order valence-corrected chi connectivity index (χ0v) is 8.83. The van der Waals surface area contributed by atoms with Gasteiger partial charge >= 0.3 is 0 Å². The third-order valence-electron chi connectivity index (χ3n) is 1.03. The van der Waals surface area contributed by atoms with Crippen molar-refractivity contribution >= 4 is 6.29 Å². The molecule has 0 saturated heterocycles. The Balaban J connectivity index is 0. The monoisotopic (exact) mass is 185 g/mol. The molecule has 0 fully saturated rings. The van der Waals surface area contributed by atoms with Gasteiger partial charge in [-0.2, -0.15) is 0 Å². The first kappa shape index (κ1) is 14.3. The van der Waals surface area contributed by atoms with Crippen LogP contribution in [0, 0.1) is 0 Å². The average molecular weight is 185 g/mol. The minimum Gasteiger partial charge on any atom is -0.499 e. The molecule has 0 bridgehead atoms. The Morgan fingerprint density at radius 1 is 1.54 bits per heavy atom. The molecule has 0 saturated carbocycles. The Bertz CT molecular complexity index is 162. The maximum atomic E-state index is 8.81. The summed E-state index contributed by atoms with van der Waals surface area (Å²) in [5.41, 5.74) is 0. The van der Waals surface area contributed by atoms with Gasteiger partial charge in [-0.1, -0.05) is 13.8 Å². The maximum Gasteiger partial charge on any atom is 0.116 e. The van der Waals surface area contributed by atoms with E-state index in [1.807, 2.05) is 32.2 Å². The van der Waals surface area contributed by atoms with Crippen molar-refractivity contribution in [3.63, 3.8) is 0 Å². The highest BCUT2D eigenvalue weighted by Crippen LogP contribution is 1.96. The number of ether oxygens (including phenoxy) is 1. The topological polar surface area (TPSA) is 38.3 Å². The molecule has 3 heteroatoms. The number of dihydropyridines is 1. The fourth-order valence-corrected chi connectivity index (χ4v) is 0.582. The predicted molar refractivity (Wildman–Crippen MR) is 55.3 cm³/mol. The molecule has 76 valence electrons. The van der Waals surface area contributed by atoms with Crippen LogP contribution in [0.5, 0.6) is 0 Å². The highest BCUT2D eigenvalue weighted by atomic mass is 16.5. The molecule has 0 aromatic rings. The second-order valence-corrected chi connectivity index (χ2v) is 1.81. The summed E-state index contributed by atoms with van der Waals surface area (Å²) in [5, 5.41) is 3.01. The zero-order valence-electron chi connectivity index (χ0n) is 8.83. The van der Waals surface area contributed by atoms with E-state index in [-0.39, 0.29) is 0 Å². The van der Waals surface area contributed by atoms with Crippen LogP contribution in [-0.4, -0.2) is 19.9 Å². The van der Waals surface area contributed by atoms with E-state index in [1.54, 1.807) is 7.11 Å². The molecule has 3 nitrogen and oxygen atoms in total. The molecule has 0 aliphatic carbocycles. The number of allylic oxidation sites excluding steroid dienone is 2. The van der Waals surface area contributed by atoms with Crippen molar-refractivity contribution in [1.82, 2.24) is 5.32 Å². The molecule has 13 heavy (non-hydrogen) atoms. The van der Waals surface area contributed by atoms with Crippen molar-refractivity contribution in [2.75, 3.05) is 13.7 Å². The van der Waals surface area contributed by atoms with Gasteiger partial charge in [-0.3, -0.25) is 0 Å². The van der Waals surface area contributed by atoms with E-state index in [0.29, 0.717) is 0 Å². The van der Waals surface area contributed by atoms with E-state index in [0.717, 1.165) is 18.6 Å². The van der Waals surface area contributed by atoms with Crippen LogP contribution in [-0.2, 0) is 9.53 Å². The van der Waals surface area contributed by atoms with Gasteiger partial charge in [-0.25, -0.2) is 0 Å². The summed E-state index contributed by atoms with van der Waals surface area (Å²) < 4.78 is 4.94. The first-order chi connectivity index (χ1) is 6.35. The number of methoxy groups -OCH3 is 1. The first-order valence-electron chi connectivity index (χ1n) is 4.38. The number of rotatable bonds is 1. The minimum absolute atomic E-state index is 0.750. The zero-order chi connectivity index (χ0) is 10.5. The van der Waals surface area contributed by atoms with Gasteiger partial charge in [0.25, 0.3) is 0 Å². The van der Waals surface area contributed by atoms with E-state index >= 15 is 0 Å². The van der Waals surface area contributed by atoms with Crippen molar-refractivity contribution in [1.29, 1.82) is 0 Å². The molecule has 0 spiro atoms. The summed E-state index contributed by atoms with van der Waals surface area (Å²) in [6, 6.07) is 0. The van der Waals surface area contributed by atoms with E-state index in [1.165, 1.54) is 6.92 Å². The third kappa shape index (κ3) is 10.8. The smallest absolute Gasteiger partial charge is 0.116 e. The number of hydrogen-bond donors (Lipinski definition) is 1. The summed E-state index contributed by atoms with van der Waals surface area (Å²) in [7, 11) is 1.67. The molecule has 0 atom stereocenters. The Morgan fingerprint density at radius 3 is 2.31 bits per heavy atom. The molecule has 0 unspecified atom stereocenters. The average Bonchev–Trinajstić information content (AvgIpc) is 2.23. The lowest BCUT2D eigenvalue weighted by Gasteiger charge is -2.07. The van der Waals surface area contributed by atoms with Crippen LogP contribution in [0.25, 0.3) is 0 Å². The molecule has 1 N–H and O–H groups in total. The van der Waals surface area contributed by atoms with Crippen LogP contribution < -0.4 is 5.32 Å². The van der Waals surface area contributed by atoms with Gasteiger partial charge in [0.15, 0.2) is 0 Å². The van der Waals surface area contributed by atoms with Crippen molar-refractivity contribution in [3.05, 3.63) is 24.1 Å². The molecular weight excluding hydrogens is 166 g/mol. The van der Waals surface area contributed by atoms with E-state index in [9.17, 15) is 0 Å². The molecule has 0 radical (unpaired) electrons. The van der Waals surface area contributed by atoms with Gasteiger partial charge < -0.3 is 14.8 Å². The molecule has 0 amide bonds. The Labute approximate surface area is 80.5 Å². The molecule has 1 aliphatic heterocycles. The second-order valence-electron chi connectivity index (χ2n) is 1.81. The van der Waals surface area contributed by atoms with Crippen LogP contribution in [0.2, 0.25) is 0 Å². The molecular formula is C10H19NO2. The normalized spacial score (nSPS) is 11.8. The van der Waals surface area contributed by atoms with E-state index < -0.39 is 0 Å². The van der Waals surface area contributed by atoms with Crippen molar-refractivity contribution in [2.24, 2.45) is 0 Å². The molecule has 1 aliphatic rings. The quantitative estimate of drug-likeness (QED) is 0.634. The number of carbonyl (C=O) groups excluding carboxylic acids is 1. The summed E-state index contributed by atoms with van der Waals surface area (Å²) in [4.78, 5) is 8.81. The molecule has 1 rings (SSSR count). The minimum atomic E-state index is 0.750. The summed E-state index contributed by atoms with van der Waals surface area (Å²) in [6.07, 6.45) is 6.50. The fraction of sp³-hybridized carbons (Fsp3) is 0.500. The SMILES string of the molecule is CC.CC=O.COC1=CC=CNC1. The van der Waals surface area contributed by atoms with Gasteiger partial charge in [0.2, 0.25) is 0 Å². The molecule has 0 aromatic heterocycles. The summed E-state index contributed by atoms with van der Waals surface area (Å²) in [6.45, 7) is 6.26. The number of hydrogen-bond acceptors (Lipinski definition) is 3. The van der Waals surface area contributed by atoms with Gasteiger partial charge in [-0.05, 0) is 25.3 Å². The van der Waals surface area contributed by atoms with Crippen molar-refractivity contribution in [2.45, 2.75) is 20.8 Å². The molecule has 0 aromatic carbocycles. The third-order valence-corrected chi connectivity index (χ3v) is 1.03. The van der Waals surface area contributed by atoms with Gasteiger partial charge in [-0.15, -0.1) is 0 Å². The number of nitrogens with one attached hydrogen (secondary N) is 1. The van der Waals surface area contributed by atoms with E-state index in [4.69, 9.17) is 9.53 Å². The van der Waals surface area contributed by atoms with Crippen molar-refractivity contribution < 1.29 is 9.53 Å². The largest absolute Gasteiger partial charge is 0.499 e. The summed E-state index contributed by atoms with van der Waals surface area (Å²) >= 11 is 0. The lowest BCUT2D eigenvalue weighted by atomic mass is 10.4. The highest BCUT2D eigenvalue weighted by molar-refractivity contribution is 5.44. The standard InChI is InChI=1S/C6H9NO.C2H4O.C2H6/c1-8-6-3-2-4-7-5-6;1-2-3;1-2/h2-4,7H,5H2,1H3;2H,1H3;1-2H3. The van der Waals surface area contributed by atoms with Gasteiger partial charge in [0.05, 0.1) is 13.7 Å². The fourth-order valence-electron chi connectivity index (χ4n) is 0.582. The lowest BCUT2D eigenvalue weighted by molar-refractivity contribution is -0.106. The predicted octanol–water partition coefficient (Wildman–Crippen LogP) is 1.86. The lowest BCUT2D eigenvalue weighted by Crippen LogP contribution is -2.13. The van der Waals surface area contributed by atoms with Crippen LogP contribution in [0.15, 0.2) is 24.1 Å². The van der Waals surface area contributed by atoms with Crippen LogP contribution >= 0.6 is 0 Å². The molecule has 1 heterocycles. The number of aldehydes is 1. The van der Waals surface area contributed by atoms with Crippen LogP contribution in [0.4, 0.5) is 0 Å². The van der Waals surface area contributed by atoms with Gasteiger partial charge in [0, 0.05) is 0 Å². The van der Waals surface area contributed by atoms with Crippen LogP contribution in [0.3, 0.4) is 0 Å². The highest BCUT2D eigenvalue weighted by Gasteiger charge is 1.93. The summed E-state index contributed by atoms with van der Waals surface area (Å²) in [5.74, 6) is 0.979. The Hall–Kier alpha value is -1.25. The maximum absolute atomic E-state index is 8.81. The number of carbonyl (C=O) groups is 1. The Kier molecular flexibility index (Phi) is 14.7. The van der Waals surface area contributed by atoms with Crippen molar-refractivity contribution in [3.8, 4) is 0 Å². The van der Waals surface area contributed by atoms with Crippen LogP contribution in [0.1, 0.15) is 20.8 Å². The van der Waals surface area contributed by atoms with Gasteiger partial charge in [0.1, 0.15) is 12.0 Å². The second kappa shape index (κ2) is 13.3. The first-order valence-corrected chi connectivity index (χ1v) is 4.38. The Morgan fingerprint density at radius 2 is 2.08 bits per heavy atom. The van der Waals surface area contributed by atoms with E-state index in [2.05, 4.69) is 5.32 Å².